The fourth-order valence-corrected chi connectivity index (χ4v) is 2.16. The van der Waals surface area contributed by atoms with Crippen LogP contribution in [-0.2, 0) is 19.6 Å². The van der Waals surface area contributed by atoms with Gasteiger partial charge in [0, 0.05) is 6.54 Å². The Morgan fingerprint density at radius 2 is 1.84 bits per heavy atom. The Hall–Kier alpha value is -1.85. The molecular formula is C14H18F3NO6S. The van der Waals surface area contributed by atoms with Gasteiger partial charge in [-0.05, 0) is 24.6 Å². The van der Waals surface area contributed by atoms with Crippen molar-refractivity contribution in [2.45, 2.75) is 18.3 Å². The van der Waals surface area contributed by atoms with Crippen LogP contribution in [0.4, 0.5) is 13.2 Å². The second-order valence-corrected chi connectivity index (χ2v) is 6.44. The van der Waals surface area contributed by atoms with E-state index in [0.717, 1.165) is 12.1 Å². The molecule has 1 aromatic rings. The number of aliphatic hydroxyl groups excluding tert-OH is 1. The summed E-state index contributed by atoms with van der Waals surface area (Å²) < 4.78 is 67.5. The van der Waals surface area contributed by atoms with Crippen molar-refractivity contribution >= 4 is 16.0 Å². The van der Waals surface area contributed by atoms with Crippen molar-refractivity contribution in [3.8, 4) is 5.75 Å². The molecule has 0 bridgehead atoms. The maximum Gasteiger partial charge on any atom is 0.534 e. The Bertz CT molecular complexity index is 660. The highest BCUT2D eigenvalue weighted by Gasteiger charge is 2.48. The maximum atomic E-state index is 12.2. The highest BCUT2D eigenvalue weighted by molar-refractivity contribution is 7.88. The molecule has 0 fully saturated rings. The second-order valence-electron chi connectivity index (χ2n) is 4.90. The van der Waals surface area contributed by atoms with Crippen molar-refractivity contribution in [2.24, 2.45) is 0 Å². The number of hydrogen-bond acceptors (Lipinski definition) is 6. The smallest absolute Gasteiger partial charge is 0.394 e. The normalized spacial score (nSPS) is 13.3. The number of rotatable bonds is 9. The molecule has 142 valence electrons. The van der Waals surface area contributed by atoms with Gasteiger partial charge in [-0.2, -0.15) is 21.6 Å². The molecule has 11 heteroatoms. The number of amides is 1. The van der Waals surface area contributed by atoms with Gasteiger partial charge in [0.2, 0.25) is 5.91 Å². The number of ether oxygens (including phenoxy) is 1. The average Bonchev–Trinajstić information content (AvgIpc) is 2.53. The highest BCUT2D eigenvalue weighted by atomic mass is 32.2. The SMILES string of the molecule is CC(C(=O)NCCOCCO)c1ccc(OS(=O)(=O)C(F)(F)F)cc1. The minimum absolute atomic E-state index is 0.122. The van der Waals surface area contributed by atoms with Crippen LogP contribution in [-0.4, -0.2) is 51.3 Å². The first-order chi connectivity index (χ1) is 11.6. The van der Waals surface area contributed by atoms with Gasteiger partial charge in [0.1, 0.15) is 5.75 Å². The summed E-state index contributed by atoms with van der Waals surface area (Å²) in [6.45, 7) is 2.07. The summed E-state index contributed by atoms with van der Waals surface area (Å²) in [5.74, 6) is -1.47. The van der Waals surface area contributed by atoms with E-state index in [9.17, 15) is 26.4 Å². The third-order valence-electron chi connectivity index (χ3n) is 3.04. The van der Waals surface area contributed by atoms with Crippen molar-refractivity contribution in [3.05, 3.63) is 29.8 Å². The van der Waals surface area contributed by atoms with Gasteiger partial charge in [-0.1, -0.05) is 12.1 Å². The lowest BCUT2D eigenvalue weighted by atomic mass is 10.0. The molecule has 0 aliphatic carbocycles. The Morgan fingerprint density at radius 1 is 1.24 bits per heavy atom. The predicted molar refractivity (Wildman–Crippen MR) is 81.4 cm³/mol. The molecule has 25 heavy (non-hydrogen) atoms. The summed E-state index contributed by atoms with van der Waals surface area (Å²) in [5.41, 5.74) is -5.05. The van der Waals surface area contributed by atoms with E-state index in [4.69, 9.17) is 9.84 Å². The number of halogens is 3. The lowest BCUT2D eigenvalue weighted by Gasteiger charge is -2.14. The van der Waals surface area contributed by atoms with Crippen molar-refractivity contribution in [3.63, 3.8) is 0 Å². The molecule has 0 aliphatic heterocycles. The molecular weight excluding hydrogens is 367 g/mol. The van der Waals surface area contributed by atoms with Crippen LogP contribution in [0.15, 0.2) is 24.3 Å². The fraction of sp³-hybridized carbons (Fsp3) is 0.500. The van der Waals surface area contributed by atoms with Gasteiger partial charge in [0.25, 0.3) is 0 Å². The fourth-order valence-electron chi connectivity index (χ4n) is 1.70. The number of benzene rings is 1. The first-order valence-corrected chi connectivity index (χ1v) is 8.56. The summed E-state index contributed by atoms with van der Waals surface area (Å²) in [6, 6.07) is 4.67. The quantitative estimate of drug-likeness (QED) is 0.376. The van der Waals surface area contributed by atoms with Crippen molar-refractivity contribution in [1.29, 1.82) is 0 Å². The first kappa shape index (κ1) is 21.2. The molecule has 2 N–H and O–H groups in total. The Labute approximate surface area is 142 Å². The molecule has 1 rings (SSSR count). The molecule has 1 atom stereocenters. The van der Waals surface area contributed by atoms with Crippen LogP contribution < -0.4 is 9.50 Å². The van der Waals surface area contributed by atoms with Crippen LogP contribution in [0.3, 0.4) is 0 Å². The minimum atomic E-state index is -5.73. The molecule has 0 spiro atoms. The van der Waals surface area contributed by atoms with Crippen LogP contribution in [0.1, 0.15) is 18.4 Å². The Kier molecular flexibility index (Phi) is 7.64. The molecule has 0 radical (unpaired) electrons. The maximum absolute atomic E-state index is 12.2. The summed E-state index contributed by atoms with van der Waals surface area (Å²) in [4.78, 5) is 11.9. The van der Waals surface area contributed by atoms with Crippen LogP contribution in [0.2, 0.25) is 0 Å². The number of carbonyl (C=O) groups is 1. The number of hydrogen-bond donors (Lipinski definition) is 2. The van der Waals surface area contributed by atoms with Crippen LogP contribution >= 0.6 is 0 Å². The van der Waals surface area contributed by atoms with Gasteiger partial charge < -0.3 is 19.3 Å². The third kappa shape index (κ3) is 6.52. The van der Waals surface area contributed by atoms with E-state index in [1.807, 2.05) is 0 Å². The average molecular weight is 385 g/mol. The summed E-state index contributed by atoms with van der Waals surface area (Å²) in [5, 5.41) is 11.1. The third-order valence-corrected chi connectivity index (χ3v) is 4.02. The lowest BCUT2D eigenvalue weighted by molar-refractivity contribution is -0.122. The number of aliphatic hydroxyl groups is 1. The van der Waals surface area contributed by atoms with Gasteiger partial charge in [-0.25, -0.2) is 0 Å². The van der Waals surface area contributed by atoms with Gasteiger partial charge in [0.05, 0.1) is 25.7 Å². The zero-order chi connectivity index (χ0) is 19.1. The molecule has 1 unspecified atom stereocenters. The van der Waals surface area contributed by atoms with E-state index in [1.165, 1.54) is 12.1 Å². The largest absolute Gasteiger partial charge is 0.534 e. The van der Waals surface area contributed by atoms with E-state index in [0.29, 0.717) is 5.56 Å². The summed E-state index contributed by atoms with van der Waals surface area (Å²) in [7, 11) is -5.73. The number of carbonyl (C=O) groups excluding carboxylic acids is 1. The van der Waals surface area contributed by atoms with Crippen molar-refractivity contribution in [2.75, 3.05) is 26.4 Å². The van der Waals surface area contributed by atoms with E-state index >= 15 is 0 Å². The monoisotopic (exact) mass is 385 g/mol. The van der Waals surface area contributed by atoms with Crippen LogP contribution in [0.25, 0.3) is 0 Å². The molecule has 1 aromatic carbocycles. The van der Waals surface area contributed by atoms with E-state index in [2.05, 4.69) is 9.50 Å². The summed E-state index contributed by atoms with van der Waals surface area (Å²) in [6.07, 6.45) is 0. The standard InChI is InChI=1S/C14H18F3NO6S/c1-10(13(20)18-6-8-23-9-7-19)11-2-4-12(5-3-11)24-25(21,22)14(15,16)17/h2-5,10,19H,6-9H2,1H3,(H,18,20). The predicted octanol–water partition coefficient (Wildman–Crippen LogP) is 1.14. The lowest BCUT2D eigenvalue weighted by Crippen LogP contribution is -2.31. The van der Waals surface area contributed by atoms with E-state index in [-0.39, 0.29) is 32.3 Å². The summed E-state index contributed by atoms with van der Waals surface area (Å²) >= 11 is 0. The minimum Gasteiger partial charge on any atom is -0.394 e. The Morgan fingerprint density at radius 3 is 2.36 bits per heavy atom. The van der Waals surface area contributed by atoms with Gasteiger partial charge in [-0.3, -0.25) is 4.79 Å². The number of nitrogens with one attached hydrogen (secondary N) is 1. The zero-order valence-corrected chi connectivity index (χ0v) is 14.1. The molecule has 0 aliphatic rings. The second kappa shape index (κ2) is 9.02. The first-order valence-electron chi connectivity index (χ1n) is 7.15. The molecule has 1 amide bonds. The Balaban J connectivity index is 2.62. The molecule has 0 aromatic heterocycles. The van der Waals surface area contributed by atoms with E-state index < -0.39 is 27.3 Å². The molecule has 7 nitrogen and oxygen atoms in total. The highest BCUT2D eigenvalue weighted by Crippen LogP contribution is 2.27. The van der Waals surface area contributed by atoms with E-state index in [1.54, 1.807) is 6.92 Å². The van der Waals surface area contributed by atoms with Crippen LogP contribution in [0.5, 0.6) is 5.75 Å². The van der Waals surface area contributed by atoms with Crippen molar-refractivity contribution in [1.82, 2.24) is 5.32 Å². The van der Waals surface area contributed by atoms with Gasteiger partial charge >= 0.3 is 15.6 Å². The zero-order valence-electron chi connectivity index (χ0n) is 13.2. The molecule has 0 saturated carbocycles. The van der Waals surface area contributed by atoms with Crippen LogP contribution in [0, 0.1) is 0 Å². The molecule has 0 saturated heterocycles. The van der Waals surface area contributed by atoms with Gasteiger partial charge in [-0.15, -0.1) is 0 Å². The van der Waals surface area contributed by atoms with Gasteiger partial charge in [0.15, 0.2) is 0 Å². The topological polar surface area (TPSA) is 102 Å². The van der Waals surface area contributed by atoms with Crippen molar-refractivity contribution < 1.29 is 40.4 Å². The number of alkyl halides is 3. The molecule has 0 heterocycles.